The van der Waals surface area contributed by atoms with Crippen molar-refractivity contribution in [3.05, 3.63) is 30.6 Å². The maximum absolute atomic E-state index is 12.3. The topological polar surface area (TPSA) is 104 Å². The first-order valence-corrected chi connectivity index (χ1v) is 7.36. The fraction of sp³-hybridized carbons (Fsp3) is 0.375. The zero-order valence-electron chi connectivity index (χ0n) is 13.2. The number of anilines is 1. The fourth-order valence-electron chi connectivity index (χ4n) is 1.98. The van der Waals surface area contributed by atoms with Crippen LogP contribution in [0.3, 0.4) is 0 Å². The third-order valence-corrected chi connectivity index (χ3v) is 3.75. The summed E-state index contributed by atoms with van der Waals surface area (Å²) in [6, 6.07) is 7.39. The van der Waals surface area contributed by atoms with Gasteiger partial charge in [0.25, 0.3) is 0 Å². The Morgan fingerprint density at radius 2 is 2.35 bits per heavy atom. The lowest BCUT2D eigenvalue weighted by atomic mass is 9.88. The minimum Gasteiger partial charge on any atom is -0.394 e. The predicted molar refractivity (Wildman–Crippen MR) is 85.2 cm³/mol. The Bertz CT molecular complexity index is 720. The lowest BCUT2D eigenvalue weighted by Gasteiger charge is -2.18. The van der Waals surface area contributed by atoms with Gasteiger partial charge in [-0.2, -0.15) is 10.4 Å². The average molecular weight is 313 g/mol. The van der Waals surface area contributed by atoms with Crippen molar-refractivity contribution in [2.24, 2.45) is 5.41 Å². The molecule has 23 heavy (non-hydrogen) atoms. The number of nitriles is 1. The van der Waals surface area contributed by atoms with Crippen molar-refractivity contribution < 1.29 is 9.90 Å². The molecular formula is C16H19N5O2. The molecule has 7 nitrogen and oxygen atoms in total. The Labute approximate surface area is 134 Å². The predicted octanol–water partition coefficient (Wildman–Crippen LogP) is 1.82. The zero-order valence-corrected chi connectivity index (χ0v) is 13.2. The maximum Gasteiger partial charge on any atom is 0.245 e. The molecule has 2 N–H and O–H groups in total. The highest BCUT2D eigenvalue weighted by molar-refractivity contribution is 5.96. The number of pyridine rings is 1. The van der Waals surface area contributed by atoms with Crippen molar-refractivity contribution in [2.75, 3.05) is 11.9 Å². The van der Waals surface area contributed by atoms with Crippen molar-refractivity contribution in [3.8, 4) is 17.3 Å². The summed E-state index contributed by atoms with van der Waals surface area (Å²) in [5.41, 5.74) is 0.332. The summed E-state index contributed by atoms with van der Waals surface area (Å²) in [4.78, 5) is 16.4. The minimum absolute atomic E-state index is 0.111. The Hall–Kier alpha value is -2.72. The van der Waals surface area contributed by atoms with E-state index in [0.29, 0.717) is 17.9 Å². The Morgan fingerprint density at radius 1 is 1.57 bits per heavy atom. The van der Waals surface area contributed by atoms with Crippen LogP contribution in [0, 0.1) is 16.7 Å². The van der Waals surface area contributed by atoms with Crippen molar-refractivity contribution in [3.63, 3.8) is 0 Å². The number of nitrogens with zero attached hydrogens (tertiary/aromatic N) is 4. The fourth-order valence-corrected chi connectivity index (χ4v) is 1.98. The number of carbonyl (C=O) groups is 1. The van der Waals surface area contributed by atoms with Crippen LogP contribution in [0.2, 0.25) is 0 Å². The van der Waals surface area contributed by atoms with Gasteiger partial charge < -0.3 is 10.4 Å². The molecule has 0 aliphatic carbocycles. The summed E-state index contributed by atoms with van der Waals surface area (Å²) >= 11 is 0. The second-order valence-electron chi connectivity index (χ2n) is 5.35. The third kappa shape index (κ3) is 3.55. The van der Waals surface area contributed by atoms with E-state index in [1.54, 1.807) is 38.4 Å². The van der Waals surface area contributed by atoms with E-state index in [1.807, 2.05) is 12.1 Å². The van der Waals surface area contributed by atoms with Crippen molar-refractivity contribution in [2.45, 2.75) is 26.8 Å². The number of nitrogens with one attached hydrogen (secondary N) is 1. The van der Waals surface area contributed by atoms with E-state index >= 15 is 0 Å². The van der Waals surface area contributed by atoms with Gasteiger partial charge >= 0.3 is 0 Å². The molecule has 0 saturated heterocycles. The van der Waals surface area contributed by atoms with Gasteiger partial charge in [0, 0.05) is 24.0 Å². The zero-order chi connectivity index (χ0) is 16.9. The van der Waals surface area contributed by atoms with Crippen LogP contribution < -0.4 is 5.32 Å². The highest BCUT2D eigenvalue weighted by Gasteiger charge is 2.32. The number of aliphatic hydroxyl groups excluding tert-OH is 1. The number of aromatic nitrogens is 3. The number of hydrogen-bond acceptors (Lipinski definition) is 5. The van der Waals surface area contributed by atoms with E-state index in [2.05, 4.69) is 15.4 Å². The highest BCUT2D eigenvalue weighted by atomic mass is 16.3. The summed E-state index contributed by atoms with van der Waals surface area (Å²) in [7, 11) is 0. The summed E-state index contributed by atoms with van der Waals surface area (Å²) < 4.78 is 1.51. The summed E-state index contributed by atoms with van der Waals surface area (Å²) in [5.74, 6) is 0.0529. The van der Waals surface area contributed by atoms with E-state index in [0.717, 1.165) is 5.56 Å². The molecule has 0 spiro atoms. The van der Waals surface area contributed by atoms with Gasteiger partial charge in [0.15, 0.2) is 0 Å². The molecule has 1 unspecified atom stereocenters. The van der Waals surface area contributed by atoms with Crippen molar-refractivity contribution >= 4 is 11.7 Å². The molecule has 2 heterocycles. The molecule has 0 aliphatic rings. The molecule has 0 radical (unpaired) electrons. The van der Waals surface area contributed by atoms with Crippen LogP contribution in [0.15, 0.2) is 30.6 Å². The smallest absolute Gasteiger partial charge is 0.245 e. The van der Waals surface area contributed by atoms with E-state index in [-0.39, 0.29) is 19.1 Å². The number of carbonyl (C=O) groups excluding carboxylic acids is 1. The van der Waals surface area contributed by atoms with Crippen LogP contribution in [0.25, 0.3) is 11.3 Å². The number of aliphatic hydroxyl groups is 1. The number of rotatable bonds is 6. The average Bonchev–Trinajstić information content (AvgIpc) is 2.98. The monoisotopic (exact) mass is 313 g/mol. The molecule has 0 aliphatic heterocycles. The van der Waals surface area contributed by atoms with Gasteiger partial charge in [-0.15, -0.1) is 0 Å². The van der Waals surface area contributed by atoms with Crippen LogP contribution in [0.4, 0.5) is 5.82 Å². The summed E-state index contributed by atoms with van der Waals surface area (Å²) in [6.07, 6.45) is 3.73. The third-order valence-electron chi connectivity index (χ3n) is 3.75. The van der Waals surface area contributed by atoms with Gasteiger partial charge in [0.05, 0.1) is 24.9 Å². The minimum atomic E-state index is -1.11. The molecule has 0 saturated carbocycles. The van der Waals surface area contributed by atoms with Gasteiger partial charge in [-0.3, -0.25) is 9.78 Å². The van der Waals surface area contributed by atoms with Gasteiger partial charge in [-0.1, -0.05) is 6.92 Å². The molecule has 2 aromatic rings. The summed E-state index contributed by atoms with van der Waals surface area (Å²) in [6.45, 7) is 3.51. The van der Waals surface area contributed by atoms with Crippen molar-refractivity contribution in [1.29, 1.82) is 5.26 Å². The van der Waals surface area contributed by atoms with Gasteiger partial charge in [-0.05, 0) is 25.5 Å². The summed E-state index contributed by atoms with van der Waals surface area (Å²) in [5, 5.41) is 25.5. The first-order chi connectivity index (χ1) is 11.0. The standard InChI is InChI=1S/C16H19N5O2/c1-3-16(2,11-17)15(23)19-14-9-13(20-21(14)7-8-22)12-5-4-6-18-10-12/h4-6,9-10,22H,3,7-8H2,1-2H3,(H,19,23). The second kappa shape index (κ2) is 7.03. The molecule has 7 heteroatoms. The Balaban J connectivity index is 2.33. The number of hydrogen-bond donors (Lipinski definition) is 2. The molecule has 120 valence electrons. The molecular weight excluding hydrogens is 294 g/mol. The molecule has 1 atom stereocenters. The number of amides is 1. The van der Waals surface area contributed by atoms with E-state index in [1.165, 1.54) is 4.68 Å². The largest absolute Gasteiger partial charge is 0.394 e. The molecule has 2 rings (SSSR count). The maximum atomic E-state index is 12.3. The van der Waals surface area contributed by atoms with Crippen LogP contribution in [0.5, 0.6) is 0 Å². The van der Waals surface area contributed by atoms with E-state index in [4.69, 9.17) is 0 Å². The lowest BCUT2D eigenvalue weighted by molar-refractivity contribution is -0.122. The van der Waals surface area contributed by atoms with Crippen LogP contribution in [0.1, 0.15) is 20.3 Å². The lowest BCUT2D eigenvalue weighted by Crippen LogP contribution is -2.32. The molecule has 2 aromatic heterocycles. The normalized spacial score (nSPS) is 13.1. The van der Waals surface area contributed by atoms with Crippen molar-refractivity contribution in [1.82, 2.24) is 14.8 Å². The van der Waals surface area contributed by atoms with Gasteiger partial charge in [0.1, 0.15) is 11.2 Å². The quantitative estimate of drug-likeness (QED) is 0.846. The molecule has 0 aromatic carbocycles. The Morgan fingerprint density at radius 3 is 2.91 bits per heavy atom. The highest BCUT2D eigenvalue weighted by Crippen LogP contribution is 2.25. The first-order valence-electron chi connectivity index (χ1n) is 7.36. The first kappa shape index (κ1) is 16.6. The molecule has 0 fully saturated rings. The molecule has 0 bridgehead atoms. The molecule has 1 amide bonds. The SMILES string of the molecule is CCC(C)(C#N)C(=O)Nc1cc(-c2cccnc2)nn1CCO. The van der Waals surface area contributed by atoms with Crippen LogP contribution in [-0.2, 0) is 11.3 Å². The van der Waals surface area contributed by atoms with Gasteiger partial charge in [0.2, 0.25) is 5.91 Å². The van der Waals surface area contributed by atoms with Crippen LogP contribution in [-0.4, -0.2) is 32.4 Å². The van der Waals surface area contributed by atoms with E-state index < -0.39 is 5.41 Å². The van der Waals surface area contributed by atoms with Crippen LogP contribution >= 0.6 is 0 Å². The Kier molecular flexibility index (Phi) is 5.09. The van der Waals surface area contributed by atoms with Gasteiger partial charge in [-0.25, -0.2) is 4.68 Å². The van der Waals surface area contributed by atoms with E-state index in [9.17, 15) is 15.2 Å². The second-order valence-corrected chi connectivity index (χ2v) is 5.35.